The van der Waals surface area contributed by atoms with Crippen molar-refractivity contribution >= 4 is 21.8 Å². The summed E-state index contributed by atoms with van der Waals surface area (Å²) in [6.45, 7) is 6.03. The van der Waals surface area contributed by atoms with Crippen molar-refractivity contribution in [1.82, 2.24) is 24.9 Å². The number of aromatic nitrogens is 2. The molecule has 0 saturated heterocycles. The molecule has 34 heavy (non-hydrogen) atoms. The summed E-state index contributed by atoms with van der Waals surface area (Å²) in [5, 5.41) is 4.25. The van der Waals surface area contributed by atoms with E-state index in [9.17, 15) is 18.0 Å². The van der Waals surface area contributed by atoms with Gasteiger partial charge in [-0.15, -0.1) is 0 Å². The molecule has 0 unspecified atom stereocenters. The molecule has 2 amide bonds. The number of aryl methyl sites for hydroxylation is 1. The van der Waals surface area contributed by atoms with Gasteiger partial charge in [-0.25, -0.2) is 13.1 Å². The van der Waals surface area contributed by atoms with Crippen LogP contribution in [0.1, 0.15) is 40.3 Å². The van der Waals surface area contributed by atoms with Crippen LogP contribution in [-0.4, -0.2) is 54.5 Å². The fourth-order valence-corrected chi connectivity index (χ4v) is 4.82. The Morgan fingerprint density at radius 1 is 1.03 bits per heavy atom. The number of hydrogen-bond acceptors (Lipinski definition) is 6. The Hall–Kier alpha value is -3.70. The zero-order valence-electron chi connectivity index (χ0n) is 19.4. The summed E-state index contributed by atoms with van der Waals surface area (Å²) < 4.78 is 33.6. The van der Waals surface area contributed by atoms with E-state index in [2.05, 4.69) is 16.0 Å². The highest BCUT2D eigenvalue weighted by Crippen LogP contribution is 2.23. The minimum Gasteiger partial charge on any atom is -0.494 e. The standard InChI is InChI=1S/C23H27N5O5S/c1-5-27(6-2)34(31,32)18-9-7-8-17(15-18)22(29)24-25-23(30)19-12-13-28(26-19)20-14-16(3)10-11-21(20)33-4/h7-15H,5-6H2,1-4H3,(H,24,29)(H,25,30). The first-order chi connectivity index (χ1) is 16.2. The number of nitrogens with zero attached hydrogens (tertiary/aromatic N) is 3. The van der Waals surface area contributed by atoms with Crippen LogP contribution in [-0.2, 0) is 10.0 Å². The van der Waals surface area contributed by atoms with Crippen LogP contribution in [0, 0.1) is 6.92 Å². The molecule has 2 N–H and O–H groups in total. The molecule has 0 aliphatic rings. The second-order valence-corrected chi connectivity index (χ2v) is 9.28. The first-order valence-electron chi connectivity index (χ1n) is 10.6. The maximum Gasteiger partial charge on any atom is 0.290 e. The second kappa shape index (κ2) is 10.5. The number of rotatable bonds is 8. The predicted octanol–water partition coefficient (Wildman–Crippen LogP) is 2.29. The number of carbonyl (C=O) groups is 2. The molecule has 0 spiro atoms. The lowest BCUT2D eigenvalue weighted by Gasteiger charge is -2.18. The number of hydrazine groups is 1. The van der Waals surface area contributed by atoms with E-state index in [4.69, 9.17) is 4.74 Å². The zero-order chi connectivity index (χ0) is 24.9. The van der Waals surface area contributed by atoms with Crippen LogP contribution >= 0.6 is 0 Å². The van der Waals surface area contributed by atoms with Crippen LogP contribution in [0.3, 0.4) is 0 Å². The van der Waals surface area contributed by atoms with Crippen molar-refractivity contribution in [1.29, 1.82) is 0 Å². The topological polar surface area (TPSA) is 123 Å². The van der Waals surface area contributed by atoms with Gasteiger partial charge in [-0.3, -0.25) is 20.4 Å². The van der Waals surface area contributed by atoms with Gasteiger partial charge in [-0.05, 0) is 48.9 Å². The van der Waals surface area contributed by atoms with Crippen molar-refractivity contribution in [3.05, 3.63) is 71.5 Å². The average molecular weight is 486 g/mol. The Balaban J connectivity index is 1.71. The van der Waals surface area contributed by atoms with E-state index >= 15 is 0 Å². The summed E-state index contributed by atoms with van der Waals surface area (Å²) >= 11 is 0. The number of hydrogen-bond donors (Lipinski definition) is 2. The summed E-state index contributed by atoms with van der Waals surface area (Å²) in [5.41, 5.74) is 6.41. The average Bonchev–Trinajstić information content (AvgIpc) is 3.33. The Morgan fingerprint density at radius 3 is 2.41 bits per heavy atom. The molecule has 3 rings (SSSR count). The zero-order valence-corrected chi connectivity index (χ0v) is 20.2. The van der Waals surface area contributed by atoms with Crippen LogP contribution in [0.4, 0.5) is 0 Å². The van der Waals surface area contributed by atoms with Crippen molar-refractivity contribution < 1.29 is 22.7 Å². The van der Waals surface area contributed by atoms with Crippen LogP contribution in [0.15, 0.2) is 59.6 Å². The summed E-state index contributed by atoms with van der Waals surface area (Å²) in [6.07, 6.45) is 1.61. The van der Waals surface area contributed by atoms with E-state index in [1.54, 1.807) is 33.2 Å². The molecule has 2 aromatic carbocycles. The van der Waals surface area contributed by atoms with Crippen LogP contribution < -0.4 is 15.6 Å². The van der Waals surface area contributed by atoms with Gasteiger partial charge in [0, 0.05) is 24.8 Å². The second-order valence-electron chi connectivity index (χ2n) is 7.35. The molecule has 0 radical (unpaired) electrons. The highest BCUT2D eigenvalue weighted by atomic mass is 32.2. The molecule has 180 valence electrons. The van der Waals surface area contributed by atoms with Crippen molar-refractivity contribution in [2.45, 2.75) is 25.7 Å². The number of methoxy groups -OCH3 is 1. The Morgan fingerprint density at radius 2 is 1.74 bits per heavy atom. The first-order valence-corrected chi connectivity index (χ1v) is 12.1. The van der Waals surface area contributed by atoms with E-state index in [0.717, 1.165) is 5.56 Å². The lowest BCUT2D eigenvalue weighted by Crippen LogP contribution is -2.42. The number of amides is 2. The number of benzene rings is 2. The van der Waals surface area contributed by atoms with Crippen molar-refractivity contribution in [3.63, 3.8) is 0 Å². The Labute approximate surface area is 198 Å². The number of sulfonamides is 1. The van der Waals surface area contributed by atoms with Gasteiger partial charge < -0.3 is 4.74 Å². The molecule has 11 heteroatoms. The smallest absolute Gasteiger partial charge is 0.290 e. The lowest BCUT2D eigenvalue weighted by atomic mass is 10.2. The fourth-order valence-electron chi connectivity index (χ4n) is 3.32. The minimum atomic E-state index is -3.72. The third-order valence-electron chi connectivity index (χ3n) is 5.13. The molecule has 0 atom stereocenters. The molecule has 10 nitrogen and oxygen atoms in total. The summed E-state index contributed by atoms with van der Waals surface area (Å²) in [4.78, 5) is 25.0. The maximum atomic E-state index is 12.7. The molecule has 0 saturated carbocycles. The summed E-state index contributed by atoms with van der Waals surface area (Å²) in [5.74, 6) is -0.705. The molecule has 0 aliphatic carbocycles. The number of ether oxygens (including phenoxy) is 1. The maximum absolute atomic E-state index is 12.7. The molecule has 0 aliphatic heterocycles. The molecule has 0 fully saturated rings. The van der Waals surface area contributed by atoms with Gasteiger partial charge in [-0.1, -0.05) is 26.0 Å². The third kappa shape index (κ3) is 5.26. The molecular formula is C23H27N5O5S. The van der Waals surface area contributed by atoms with Crippen molar-refractivity contribution in [3.8, 4) is 11.4 Å². The van der Waals surface area contributed by atoms with Gasteiger partial charge in [0.1, 0.15) is 11.4 Å². The van der Waals surface area contributed by atoms with Gasteiger partial charge in [0.25, 0.3) is 11.8 Å². The Bertz CT molecular complexity index is 1300. The molecule has 3 aromatic rings. The van der Waals surface area contributed by atoms with Gasteiger partial charge in [0.15, 0.2) is 5.69 Å². The van der Waals surface area contributed by atoms with Gasteiger partial charge in [-0.2, -0.15) is 9.40 Å². The monoisotopic (exact) mass is 485 g/mol. The Kier molecular flexibility index (Phi) is 7.69. The first kappa shape index (κ1) is 24.9. The van der Waals surface area contributed by atoms with E-state index in [1.807, 2.05) is 19.1 Å². The van der Waals surface area contributed by atoms with Crippen molar-refractivity contribution in [2.75, 3.05) is 20.2 Å². The number of carbonyl (C=O) groups excluding carboxylic acids is 2. The van der Waals surface area contributed by atoms with Gasteiger partial charge in [0.2, 0.25) is 10.0 Å². The predicted molar refractivity (Wildman–Crippen MR) is 126 cm³/mol. The minimum absolute atomic E-state index is 0.000946. The summed E-state index contributed by atoms with van der Waals surface area (Å²) in [6, 6.07) is 12.7. The SMILES string of the molecule is CCN(CC)S(=O)(=O)c1cccc(C(=O)NNC(=O)c2ccn(-c3cc(C)ccc3OC)n2)c1. The van der Waals surface area contributed by atoms with E-state index in [1.165, 1.54) is 39.3 Å². The molecule has 1 heterocycles. The largest absolute Gasteiger partial charge is 0.494 e. The van der Waals surface area contributed by atoms with Crippen LogP contribution in [0.2, 0.25) is 0 Å². The van der Waals surface area contributed by atoms with E-state index < -0.39 is 21.8 Å². The van der Waals surface area contributed by atoms with Gasteiger partial charge >= 0.3 is 0 Å². The van der Waals surface area contributed by atoms with E-state index in [-0.39, 0.29) is 16.2 Å². The molecule has 0 bridgehead atoms. The highest BCUT2D eigenvalue weighted by molar-refractivity contribution is 7.89. The number of nitrogens with one attached hydrogen (secondary N) is 2. The lowest BCUT2D eigenvalue weighted by molar-refractivity contribution is 0.0843. The van der Waals surface area contributed by atoms with Crippen LogP contribution in [0.25, 0.3) is 5.69 Å². The quantitative estimate of drug-likeness (QED) is 0.472. The van der Waals surface area contributed by atoms with E-state index in [0.29, 0.717) is 24.5 Å². The highest BCUT2D eigenvalue weighted by Gasteiger charge is 2.23. The summed E-state index contributed by atoms with van der Waals surface area (Å²) in [7, 11) is -2.18. The fraction of sp³-hybridized carbons (Fsp3) is 0.261. The normalized spacial score (nSPS) is 11.3. The van der Waals surface area contributed by atoms with Crippen molar-refractivity contribution in [2.24, 2.45) is 0 Å². The van der Waals surface area contributed by atoms with Gasteiger partial charge in [0.05, 0.1) is 12.0 Å². The van der Waals surface area contributed by atoms with Crippen LogP contribution in [0.5, 0.6) is 5.75 Å². The molecular weight excluding hydrogens is 458 g/mol. The molecule has 1 aromatic heterocycles. The third-order valence-corrected chi connectivity index (χ3v) is 7.18.